The first-order valence-corrected chi connectivity index (χ1v) is 14.2. The van der Waals surface area contributed by atoms with E-state index >= 15 is 0 Å². The number of aryl methyl sites for hydroxylation is 2. The standard InChI is InChI=1S/C30H46ClN5O2/c1-9-35(25-12-10-24(11-13-25)34(7)8)28-18-23(31)17-26(22(28)4)29(37)32-19-27-20(2)16-21(3)36(30(27)38)15-14-33(5)6/h16-18,24-25H,9-15,19H2,1-8H3,(H,32,37)/t24-,25-. The van der Waals surface area contributed by atoms with E-state index in [4.69, 9.17) is 11.6 Å². The van der Waals surface area contributed by atoms with Gasteiger partial charge in [0.25, 0.3) is 11.5 Å². The van der Waals surface area contributed by atoms with Gasteiger partial charge >= 0.3 is 0 Å². The van der Waals surface area contributed by atoms with E-state index in [1.807, 2.05) is 47.0 Å². The molecule has 1 aliphatic carbocycles. The van der Waals surface area contributed by atoms with Crippen molar-refractivity contribution in [3.63, 3.8) is 0 Å². The molecule has 1 saturated carbocycles. The first-order chi connectivity index (χ1) is 17.9. The molecule has 210 valence electrons. The fraction of sp³-hybridized carbons (Fsp3) is 0.600. The first-order valence-electron chi connectivity index (χ1n) is 13.8. The molecule has 1 fully saturated rings. The van der Waals surface area contributed by atoms with Gasteiger partial charge in [0.15, 0.2) is 0 Å². The lowest BCUT2D eigenvalue weighted by molar-refractivity contribution is 0.0950. The summed E-state index contributed by atoms with van der Waals surface area (Å²) in [5.74, 6) is -0.210. The van der Waals surface area contributed by atoms with E-state index < -0.39 is 0 Å². The number of carbonyl (C=O) groups excluding carboxylic acids is 1. The lowest BCUT2D eigenvalue weighted by Gasteiger charge is -2.40. The lowest BCUT2D eigenvalue weighted by Crippen LogP contribution is -2.42. The minimum Gasteiger partial charge on any atom is -0.369 e. The number of rotatable bonds is 10. The molecule has 0 radical (unpaired) electrons. The van der Waals surface area contributed by atoms with Crippen molar-refractivity contribution in [2.45, 2.75) is 78.6 Å². The van der Waals surface area contributed by atoms with Crippen molar-refractivity contribution in [1.82, 2.24) is 19.7 Å². The number of benzene rings is 1. The van der Waals surface area contributed by atoms with Crippen LogP contribution in [0.25, 0.3) is 0 Å². The molecule has 38 heavy (non-hydrogen) atoms. The smallest absolute Gasteiger partial charge is 0.256 e. The Morgan fingerprint density at radius 3 is 2.24 bits per heavy atom. The third-order valence-electron chi connectivity index (χ3n) is 8.10. The Morgan fingerprint density at radius 2 is 1.66 bits per heavy atom. The fourth-order valence-corrected chi connectivity index (χ4v) is 5.95. The van der Waals surface area contributed by atoms with Crippen molar-refractivity contribution in [1.29, 1.82) is 0 Å². The van der Waals surface area contributed by atoms with Gasteiger partial charge in [0.1, 0.15) is 0 Å². The molecule has 3 rings (SSSR count). The van der Waals surface area contributed by atoms with Gasteiger partial charge in [0.05, 0.1) is 0 Å². The van der Waals surface area contributed by atoms with Crippen molar-refractivity contribution in [3.05, 3.63) is 61.5 Å². The zero-order valence-corrected chi connectivity index (χ0v) is 25.3. The maximum atomic E-state index is 13.4. The molecule has 0 bridgehead atoms. The largest absolute Gasteiger partial charge is 0.369 e. The molecule has 1 heterocycles. The number of pyridine rings is 1. The fourth-order valence-electron chi connectivity index (χ4n) is 5.74. The maximum Gasteiger partial charge on any atom is 0.256 e. The summed E-state index contributed by atoms with van der Waals surface area (Å²) in [6, 6.07) is 6.81. The van der Waals surface area contributed by atoms with E-state index in [-0.39, 0.29) is 18.0 Å². The molecule has 0 unspecified atom stereocenters. The second-order valence-electron chi connectivity index (χ2n) is 11.2. The zero-order valence-electron chi connectivity index (χ0n) is 24.5. The molecular weight excluding hydrogens is 498 g/mol. The summed E-state index contributed by atoms with van der Waals surface area (Å²) in [4.78, 5) is 33.5. The van der Waals surface area contributed by atoms with E-state index in [1.54, 1.807) is 10.6 Å². The number of nitrogens with one attached hydrogen (secondary N) is 1. The number of anilines is 1. The van der Waals surface area contributed by atoms with Crippen LogP contribution in [0.2, 0.25) is 5.02 Å². The van der Waals surface area contributed by atoms with Gasteiger partial charge in [-0.1, -0.05) is 11.6 Å². The molecule has 8 heteroatoms. The second kappa shape index (κ2) is 13.1. The SMILES string of the molecule is CCN(c1cc(Cl)cc(C(=O)NCc2c(C)cc(C)n(CCN(C)C)c2=O)c1C)[C@H]1CC[C@H](N(C)C)CC1. The summed E-state index contributed by atoms with van der Waals surface area (Å²) in [6.45, 7) is 10.5. The Labute approximate surface area is 233 Å². The molecule has 1 amide bonds. The van der Waals surface area contributed by atoms with Crippen LogP contribution in [0, 0.1) is 20.8 Å². The van der Waals surface area contributed by atoms with Crippen molar-refractivity contribution in [2.75, 3.05) is 46.2 Å². The van der Waals surface area contributed by atoms with Gasteiger partial charge in [-0.25, -0.2) is 0 Å². The number of likely N-dealkylation sites (N-methyl/N-ethyl adjacent to an activating group) is 1. The molecule has 1 aliphatic rings. The van der Waals surface area contributed by atoms with Crippen molar-refractivity contribution in [2.24, 2.45) is 0 Å². The highest BCUT2D eigenvalue weighted by atomic mass is 35.5. The molecule has 0 aliphatic heterocycles. The molecular formula is C30H46ClN5O2. The van der Waals surface area contributed by atoms with Crippen LogP contribution in [-0.4, -0.2) is 73.6 Å². The van der Waals surface area contributed by atoms with E-state index in [0.29, 0.717) is 34.8 Å². The average Bonchev–Trinajstić information content (AvgIpc) is 2.85. The minimum absolute atomic E-state index is 0.0429. The third kappa shape index (κ3) is 6.99. The van der Waals surface area contributed by atoms with Crippen LogP contribution in [0.1, 0.15) is 65.3 Å². The van der Waals surface area contributed by atoms with Gasteiger partial charge < -0.3 is 24.6 Å². The van der Waals surface area contributed by atoms with Gasteiger partial charge in [0.2, 0.25) is 0 Å². The van der Waals surface area contributed by atoms with Crippen LogP contribution in [-0.2, 0) is 13.1 Å². The Morgan fingerprint density at radius 1 is 1.03 bits per heavy atom. The van der Waals surface area contributed by atoms with Crippen LogP contribution >= 0.6 is 11.6 Å². The molecule has 1 aromatic carbocycles. The Kier molecular flexibility index (Phi) is 10.4. The molecule has 0 spiro atoms. The van der Waals surface area contributed by atoms with Gasteiger partial charge in [-0.3, -0.25) is 9.59 Å². The predicted molar refractivity (Wildman–Crippen MR) is 159 cm³/mol. The van der Waals surface area contributed by atoms with E-state index in [0.717, 1.165) is 48.4 Å². The van der Waals surface area contributed by atoms with E-state index in [9.17, 15) is 9.59 Å². The number of hydrogen-bond donors (Lipinski definition) is 1. The van der Waals surface area contributed by atoms with Crippen LogP contribution in [0.15, 0.2) is 23.0 Å². The van der Waals surface area contributed by atoms with Crippen LogP contribution in [0.4, 0.5) is 5.69 Å². The summed E-state index contributed by atoms with van der Waals surface area (Å²) in [7, 11) is 8.30. The number of amides is 1. The molecule has 0 saturated heterocycles. The van der Waals surface area contributed by atoms with E-state index in [2.05, 4.69) is 41.0 Å². The number of halogens is 1. The molecule has 7 nitrogen and oxygen atoms in total. The summed E-state index contributed by atoms with van der Waals surface area (Å²) in [5, 5.41) is 3.56. The number of carbonyl (C=O) groups is 1. The van der Waals surface area contributed by atoms with Crippen LogP contribution in [0.5, 0.6) is 0 Å². The normalized spacial score (nSPS) is 17.8. The highest BCUT2D eigenvalue weighted by molar-refractivity contribution is 6.31. The molecule has 1 N–H and O–H groups in total. The van der Waals surface area contributed by atoms with Crippen molar-refractivity contribution < 1.29 is 4.79 Å². The summed E-state index contributed by atoms with van der Waals surface area (Å²) < 4.78 is 1.79. The van der Waals surface area contributed by atoms with Gasteiger partial charge in [0, 0.05) is 65.8 Å². The molecule has 1 aromatic heterocycles. The lowest BCUT2D eigenvalue weighted by atomic mass is 9.89. The number of nitrogens with zero attached hydrogens (tertiary/aromatic N) is 4. The maximum absolute atomic E-state index is 13.4. The van der Waals surface area contributed by atoms with Crippen molar-refractivity contribution in [3.8, 4) is 0 Å². The highest BCUT2D eigenvalue weighted by Crippen LogP contribution is 2.34. The summed E-state index contributed by atoms with van der Waals surface area (Å²) in [6.07, 6.45) is 4.58. The van der Waals surface area contributed by atoms with Crippen molar-refractivity contribution >= 4 is 23.2 Å². The minimum atomic E-state index is -0.210. The number of aromatic nitrogens is 1. The van der Waals surface area contributed by atoms with Gasteiger partial charge in [-0.15, -0.1) is 0 Å². The molecule has 2 aromatic rings. The first kappa shape index (κ1) is 30.2. The topological polar surface area (TPSA) is 60.8 Å². The Bertz CT molecular complexity index is 1180. The second-order valence-corrected chi connectivity index (χ2v) is 11.6. The Balaban J connectivity index is 1.82. The van der Waals surface area contributed by atoms with Crippen LogP contribution < -0.4 is 15.8 Å². The zero-order chi connectivity index (χ0) is 28.1. The highest BCUT2D eigenvalue weighted by Gasteiger charge is 2.28. The summed E-state index contributed by atoms with van der Waals surface area (Å²) in [5.41, 5.74) is 4.91. The third-order valence-corrected chi connectivity index (χ3v) is 8.32. The monoisotopic (exact) mass is 543 g/mol. The van der Waals surface area contributed by atoms with E-state index in [1.165, 1.54) is 12.8 Å². The quantitative estimate of drug-likeness (QED) is 0.474. The average molecular weight is 544 g/mol. The van der Waals surface area contributed by atoms with Gasteiger partial charge in [-0.05, 0) is 111 Å². The predicted octanol–water partition coefficient (Wildman–Crippen LogP) is 4.62. The Hall–Kier alpha value is -2.35. The number of hydrogen-bond acceptors (Lipinski definition) is 5. The van der Waals surface area contributed by atoms with Crippen LogP contribution in [0.3, 0.4) is 0 Å². The summed E-state index contributed by atoms with van der Waals surface area (Å²) >= 11 is 6.57. The van der Waals surface area contributed by atoms with Gasteiger partial charge in [-0.2, -0.15) is 0 Å². The molecule has 0 atom stereocenters.